The minimum absolute atomic E-state index is 0.00903. The van der Waals surface area contributed by atoms with Gasteiger partial charge in [0, 0.05) is 11.4 Å². The second-order valence-corrected chi connectivity index (χ2v) is 7.88. The number of allylic oxidation sites excluding steroid dienone is 1. The molecular weight excluding hydrogens is 348 g/mol. The van der Waals surface area contributed by atoms with Gasteiger partial charge in [0.1, 0.15) is 0 Å². The molecule has 1 nitrogen and oxygen atoms in total. The van der Waals surface area contributed by atoms with Gasteiger partial charge < -0.3 is 0 Å². The molecule has 0 spiro atoms. The highest BCUT2D eigenvalue weighted by Gasteiger charge is 2.11. The maximum atomic E-state index is 12.3. The summed E-state index contributed by atoms with van der Waals surface area (Å²) in [6.07, 6.45) is 11.0. The Morgan fingerprint density at radius 2 is 1.96 bits per heavy atom. The molecule has 1 saturated carbocycles. The fraction of sp³-hybridized carbons (Fsp3) is 0.318. The van der Waals surface area contributed by atoms with Crippen LogP contribution < -0.4 is 0 Å². The molecule has 2 aromatic rings. The number of carbonyl (C=O) groups is 1. The third kappa shape index (κ3) is 5.33. The van der Waals surface area contributed by atoms with Crippen LogP contribution in [0.2, 0.25) is 5.02 Å². The average Bonchev–Trinajstić information content (AvgIpc) is 3.11. The van der Waals surface area contributed by atoms with E-state index in [9.17, 15) is 4.79 Å². The Labute approximate surface area is 158 Å². The van der Waals surface area contributed by atoms with Crippen LogP contribution in [0.4, 0.5) is 0 Å². The van der Waals surface area contributed by atoms with Crippen molar-refractivity contribution in [2.24, 2.45) is 5.92 Å². The van der Waals surface area contributed by atoms with Crippen molar-refractivity contribution in [2.45, 2.75) is 38.5 Å². The zero-order chi connectivity index (χ0) is 17.5. The van der Waals surface area contributed by atoms with Gasteiger partial charge in [0.25, 0.3) is 0 Å². The maximum Gasteiger partial charge on any atom is 0.195 e. The Balaban J connectivity index is 1.59. The van der Waals surface area contributed by atoms with Gasteiger partial charge in [-0.2, -0.15) is 0 Å². The molecule has 3 rings (SSSR count). The van der Waals surface area contributed by atoms with Crippen LogP contribution in [0, 0.1) is 17.8 Å². The predicted molar refractivity (Wildman–Crippen MR) is 107 cm³/mol. The van der Waals surface area contributed by atoms with Crippen LogP contribution in [-0.4, -0.2) is 5.78 Å². The van der Waals surface area contributed by atoms with E-state index in [1.807, 2.05) is 36.4 Å². The highest BCUT2D eigenvalue weighted by atomic mass is 35.5. The van der Waals surface area contributed by atoms with E-state index in [4.69, 9.17) is 11.6 Å². The first-order chi connectivity index (χ1) is 12.2. The van der Waals surface area contributed by atoms with Gasteiger partial charge in [-0.15, -0.1) is 11.3 Å². The summed E-state index contributed by atoms with van der Waals surface area (Å²) in [5.41, 5.74) is 0.849. The van der Waals surface area contributed by atoms with E-state index in [1.54, 1.807) is 12.2 Å². The minimum atomic E-state index is -0.00903. The van der Waals surface area contributed by atoms with E-state index in [0.717, 1.165) is 22.8 Å². The van der Waals surface area contributed by atoms with E-state index in [1.165, 1.54) is 43.4 Å². The summed E-state index contributed by atoms with van der Waals surface area (Å²) in [5.74, 6) is 7.28. The summed E-state index contributed by atoms with van der Waals surface area (Å²) in [5, 5.41) is 0.645. The normalized spacial score (nSPS) is 15.1. The highest BCUT2D eigenvalue weighted by Crippen LogP contribution is 2.26. The first-order valence-corrected chi connectivity index (χ1v) is 9.97. The van der Waals surface area contributed by atoms with Crippen molar-refractivity contribution >= 4 is 34.8 Å². The Hall–Kier alpha value is -1.82. The van der Waals surface area contributed by atoms with Gasteiger partial charge in [0.2, 0.25) is 0 Å². The van der Waals surface area contributed by atoms with Gasteiger partial charge in [-0.05, 0) is 54.7 Å². The van der Waals surface area contributed by atoms with E-state index < -0.39 is 0 Å². The van der Waals surface area contributed by atoms with Crippen LogP contribution in [-0.2, 0) is 0 Å². The molecule has 25 heavy (non-hydrogen) atoms. The average molecular weight is 369 g/mol. The molecule has 1 aliphatic rings. The molecule has 128 valence electrons. The van der Waals surface area contributed by atoms with Crippen LogP contribution in [0.15, 0.2) is 42.5 Å². The zero-order valence-corrected chi connectivity index (χ0v) is 15.7. The van der Waals surface area contributed by atoms with Crippen molar-refractivity contribution in [1.29, 1.82) is 0 Å². The molecule has 0 amide bonds. The fourth-order valence-electron chi connectivity index (χ4n) is 3.07. The zero-order valence-electron chi connectivity index (χ0n) is 14.1. The smallest absolute Gasteiger partial charge is 0.195 e. The molecule has 3 heteroatoms. The maximum absolute atomic E-state index is 12.3. The summed E-state index contributed by atoms with van der Waals surface area (Å²) >= 11 is 7.56. The Morgan fingerprint density at radius 3 is 2.76 bits per heavy atom. The first kappa shape index (κ1) is 18.0. The van der Waals surface area contributed by atoms with Crippen molar-refractivity contribution in [3.8, 4) is 11.8 Å². The third-order valence-electron chi connectivity index (χ3n) is 4.50. The lowest BCUT2D eigenvalue weighted by atomic mass is 9.87. The second kappa shape index (κ2) is 9.04. The Kier molecular flexibility index (Phi) is 6.50. The largest absolute Gasteiger partial charge is 0.288 e. The number of thiophene rings is 1. The fourth-order valence-corrected chi connectivity index (χ4v) is 4.07. The standard InChI is InChI=1S/C22H21ClOS/c23-20-12-5-4-10-18(20)13-15-21(24)22-16-14-19(25-22)11-6-9-17-7-2-1-3-8-17/h4-5,10,12-17H,1-3,7-9H2/b15-13-. The monoisotopic (exact) mass is 368 g/mol. The van der Waals surface area contributed by atoms with E-state index in [-0.39, 0.29) is 5.78 Å². The molecule has 1 aromatic heterocycles. The number of ketones is 1. The van der Waals surface area contributed by atoms with Crippen molar-refractivity contribution in [3.63, 3.8) is 0 Å². The SMILES string of the molecule is O=C(/C=C\c1ccccc1Cl)c1ccc(C#CCC2CCCCC2)s1. The Bertz CT molecular complexity index is 816. The molecule has 1 aromatic carbocycles. The van der Waals surface area contributed by atoms with Crippen molar-refractivity contribution in [3.05, 3.63) is 62.8 Å². The lowest BCUT2D eigenvalue weighted by Gasteiger charge is -2.18. The van der Waals surface area contributed by atoms with Gasteiger partial charge in [-0.3, -0.25) is 4.79 Å². The van der Waals surface area contributed by atoms with Crippen LogP contribution in [0.1, 0.15) is 58.6 Å². The molecule has 1 fully saturated rings. The summed E-state index contributed by atoms with van der Waals surface area (Å²) < 4.78 is 0. The number of halogens is 1. The first-order valence-electron chi connectivity index (χ1n) is 8.78. The summed E-state index contributed by atoms with van der Waals surface area (Å²) in [6.45, 7) is 0. The molecule has 0 atom stereocenters. The lowest BCUT2D eigenvalue weighted by molar-refractivity contribution is 0.105. The predicted octanol–water partition coefficient (Wildman–Crippen LogP) is 6.62. The van der Waals surface area contributed by atoms with Gasteiger partial charge in [0.15, 0.2) is 5.78 Å². The van der Waals surface area contributed by atoms with Gasteiger partial charge in [-0.1, -0.05) is 60.9 Å². The lowest BCUT2D eigenvalue weighted by Crippen LogP contribution is -2.04. The van der Waals surface area contributed by atoms with Crippen molar-refractivity contribution in [1.82, 2.24) is 0 Å². The molecule has 0 radical (unpaired) electrons. The number of carbonyl (C=O) groups excluding carboxylic acids is 1. The van der Waals surface area contributed by atoms with Crippen LogP contribution in [0.3, 0.4) is 0 Å². The third-order valence-corrected chi connectivity index (χ3v) is 5.85. The molecule has 0 saturated heterocycles. The van der Waals surface area contributed by atoms with Crippen LogP contribution >= 0.6 is 22.9 Å². The number of hydrogen-bond acceptors (Lipinski definition) is 2. The number of benzene rings is 1. The summed E-state index contributed by atoms with van der Waals surface area (Å²) in [6, 6.07) is 11.3. The molecule has 0 unspecified atom stereocenters. The number of hydrogen-bond donors (Lipinski definition) is 0. The van der Waals surface area contributed by atoms with Gasteiger partial charge in [-0.25, -0.2) is 0 Å². The Morgan fingerprint density at radius 1 is 1.16 bits per heavy atom. The minimum Gasteiger partial charge on any atom is -0.288 e. The second-order valence-electron chi connectivity index (χ2n) is 6.39. The topological polar surface area (TPSA) is 17.1 Å². The molecule has 0 N–H and O–H groups in total. The van der Waals surface area contributed by atoms with Crippen LogP contribution in [0.5, 0.6) is 0 Å². The molecule has 1 heterocycles. The summed E-state index contributed by atoms with van der Waals surface area (Å²) in [4.78, 5) is 14.0. The van der Waals surface area contributed by atoms with E-state index in [2.05, 4.69) is 11.8 Å². The molecule has 0 aliphatic heterocycles. The molecule has 1 aliphatic carbocycles. The summed E-state index contributed by atoms with van der Waals surface area (Å²) in [7, 11) is 0. The quantitative estimate of drug-likeness (QED) is 0.336. The molecule has 0 bridgehead atoms. The van der Waals surface area contributed by atoms with Gasteiger partial charge in [0.05, 0.1) is 9.75 Å². The highest BCUT2D eigenvalue weighted by molar-refractivity contribution is 7.14. The number of rotatable bonds is 4. The van der Waals surface area contributed by atoms with E-state index >= 15 is 0 Å². The molecular formula is C22H21ClOS. The van der Waals surface area contributed by atoms with E-state index in [0.29, 0.717) is 9.90 Å². The van der Waals surface area contributed by atoms with Crippen molar-refractivity contribution in [2.75, 3.05) is 0 Å². The van der Waals surface area contributed by atoms with Crippen LogP contribution in [0.25, 0.3) is 6.08 Å². The van der Waals surface area contributed by atoms with Gasteiger partial charge >= 0.3 is 0 Å². The van der Waals surface area contributed by atoms with Crippen molar-refractivity contribution < 1.29 is 4.79 Å².